The minimum Gasteiger partial charge on any atom is -0.379 e. The van der Waals surface area contributed by atoms with Crippen LogP contribution in [0.1, 0.15) is 18.2 Å². The molecule has 0 spiro atoms. The van der Waals surface area contributed by atoms with Crippen LogP contribution >= 0.6 is 11.3 Å². The van der Waals surface area contributed by atoms with Crippen molar-refractivity contribution in [2.24, 2.45) is 0 Å². The molecule has 0 saturated carbocycles. The average molecular weight is 197 g/mol. The summed E-state index contributed by atoms with van der Waals surface area (Å²) in [4.78, 5) is 1.40. The van der Waals surface area contributed by atoms with Gasteiger partial charge in [-0.05, 0) is 24.8 Å². The third kappa shape index (κ3) is 2.30. The van der Waals surface area contributed by atoms with Crippen LogP contribution in [0.25, 0.3) is 0 Å². The van der Waals surface area contributed by atoms with Crippen LogP contribution in [0.2, 0.25) is 0 Å². The van der Waals surface area contributed by atoms with E-state index in [0.29, 0.717) is 0 Å². The molecule has 3 heteroatoms. The highest BCUT2D eigenvalue weighted by atomic mass is 32.1. The van der Waals surface area contributed by atoms with E-state index in [9.17, 15) is 0 Å². The zero-order chi connectivity index (χ0) is 9.15. The fourth-order valence-electron chi connectivity index (χ4n) is 1.52. The highest BCUT2D eigenvalue weighted by Crippen LogP contribution is 2.19. The maximum Gasteiger partial charge on any atom is 0.0646 e. The molecule has 0 amide bonds. The van der Waals surface area contributed by atoms with Crippen molar-refractivity contribution >= 4 is 11.3 Å². The fraction of sp³-hybridized carbons (Fsp3) is 0.600. The first kappa shape index (κ1) is 9.19. The smallest absolute Gasteiger partial charge is 0.0646 e. The molecule has 1 aromatic rings. The van der Waals surface area contributed by atoms with Gasteiger partial charge in [0.1, 0.15) is 0 Å². The summed E-state index contributed by atoms with van der Waals surface area (Å²) in [6, 6.07) is 4.26. The zero-order valence-electron chi connectivity index (χ0n) is 7.88. The van der Waals surface area contributed by atoms with Crippen LogP contribution in [0, 0.1) is 0 Å². The second kappa shape index (κ2) is 3.78. The maximum absolute atomic E-state index is 5.37. The second-order valence-corrected chi connectivity index (χ2v) is 4.83. The van der Waals surface area contributed by atoms with Crippen molar-refractivity contribution in [1.29, 1.82) is 0 Å². The molecule has 2 heterocycles. The van der Waals surface area contributed by atoms with Crippen molar-refractivity contribution in [1.82, 2.24) is 5.32 Å². The minimum absolute atomic E-state index is 0.198. The lowest BCUT2D eigenvalue weighted by atomic mass is 10.0. The molecule has 1 aliphatic rings. The number of hydrogen-bond donors (Lipinski definition) is 1. The Bertz CT molecular complexity index is 252. The molecule has 1 aliphatic heterocycles. The molecule has 1 N–H and O–H groups in total. The van der Waals surface area contributed by atoms with Gasteiger partial charge in [0.25, 0.3) is 0 Å². The Morgan fingerprint density at radius 1 is 1.69 bits per heavy atom. The van der Waals surface area contributed by atoms with Gasteiger partial charge in [0.05, 0.1) is 6.61 Å². The number of nitrogens with one attached hydrogen (secondary N) is 1. The Balaban J connectivity index is 1.85. The molecule has 0 radical (unpaired) electrons. The fourth-order valence-corrected chi connectivity index (χ4v) is 2.16. The lowest BCUT2D eigenvalue weighted by molar-refractivity contribution is 0.171. The summed E-state index contributed by atoms with van der Waals surface area (Å²) in [5, 5.41) is 5.66. The number of rotatable bonds is 3. The van der Waals surface area contributed by atoms with Crippen LogP contribution in [0.15, 0.2) is 17.5 Å². The molecule has 0 bridgehead atoms. The standard InChI is InChI=1S/C10H15NOS/c1-10(4-5-12-8-10)11-7-9-3-2-6-13-9/h2-3,6,11H,4-5,7-8H2,1H3. The van der Waals surface area contributed by atoms with Crippen LogP contribution < -0.4 is 5.32 Å². The highest BCUT2D eigenvalue weighted by molar-refractivity contribution is 7.09. The van der Waals surface area contributed by atoms with Crippen LogP contribution in [0.4, 0.5) is 0 Å². The van der Waals surface area contributed by atoms with Crippen LogP contribution in [0.3, 0.4) is 0 Å². The van der Waals surface area contributed by atoms with Crippen molar-refractivity contribution < 1.29 is 4.74 Å². The van der Waals surface area contributed by atoms with Gasteiger partial charge >= 0.3 is 0 Å². The molecule has 2 nitrogen and oxygen atoms in total. The lowest BCUT2D eigenvalue weighted by Gasteiger charge is -2.23. The third-order valence-electron chi connectivity index (χ3n) is 2.49. The van der Waals surface area contributed by atoms with Gasteiger partial charge in [-0.15, -0.1) is 11.3 Å². The van der Waals surface area contributed by atoms with Gasteiger partial charge in [-0.25, -0.2) is 0 Å². The number of ether oxygens (including phenoxy) is 1. The molecule has 0 aromatic carbocycles. The minimum atomic E-state index is 0.198. The molecule has 0 aliphatic carbocycles. The van der Waals surface area contributed by atoms with E-state index in [-0.39, 0.29) is 5.54 Å². The Hall–Kier alpha value is -0.380. The van der Waals surface area contributed by atoms with E-state index in [1.54, 1.807) is 11.3 Å². The quantitative estimate of drug-likeness (QED) is 0.800. The summed E-state index contributed by atoms with van der Waals surface area (Å²) < 4.78 is 5.37. The second-order valence-electron chi connectivity index (χ2n) is 3.80. The lowest BCUT2D eigenvalue weighted by Crippen LogP contribution is -2.42. The van der Waals surface area contributed by atoms with Gasteiger partial charge < -0.3 is 10.1 Å². The zero-order valence-corrected chi connectivity index (χ0v) is 8.69. The molecular weight excluding hydrogens is 182 g/mol. The third-order valence-corrected chi connectivity index (χ3v) is 3.36. The van der Waals surface area contributed by atoms with Crippen molar-refractivity contribution in [3.63, 3.8) is 0 Å². The van der Waals surface area contributed by atoms with E-state index in [1.807, 2.05) is 0 Å². The summed E-state index contributed by atoms with van der Waals surface area (Å²) in [7, 11) is 0. The van der Waals surface area contributed by atoms with E-state index >= 15 is 0 Å². The summed E-state index contributed by atoms with van der Waals surface area (Å²) >= 11 is 1.80. The summed E-state index contributed by atoms with van der Waals surface area (Å²) in [5.41, 5.74) is 0.198. The first-order chi connectivity index (χ1) is 6.29. The molecule has 2 rings (SSSR count). The Labute approximate surface area is 82.9 Å². The summed E-state index contributed by atoms with van der Waals surface area (Å²) in [5.74, 6) is 0. The van der Waals surface area contributed by atoms with E-state index < -0.39 is 0 Å². The molecule has 72 valence electrons. The predicted molar refractivity (Wildman–Crippen MR) is 55.0 cm³/mol. The Kier molecular flexibility index (Phi) is 2.67. The first-order valence-corrected chi connectivity index (χ1v) is 5.52. The van der Waals surface area contributed by atoms with Gasteiger partial charge in [-0.2, -0.15) is 0 Å². The summed E-state index contributed by atoms with van der Waals surface area (Å²) in [6.45, 7) is 4.94. The molecule has 1 fully saturated rings. The van der Waals surface area contributed by atoms with E-state index in [2.05, 4.69) is 29.8 Å². The highest BCUT2D eigenvalue weighted by Gasteiger charge is 2.28. The topological polar surface area (TPSA) is 21.3 Å². The predicted octanol–water partition coefficient (Wildman–Crippen LogP) is 2.02. The largest absolute Gasteiger partial charge is 0.379 e. The van der Waals surface area contributed by atoms with Gasteiger partial charge in [0.2, 0.25) is 0 Å². The monoisotopic (exact) mass is 197 g/mol. The Morgan fingerprint density at radius 3 is 3.23 bits per heavy atom. The number of thiophene rings is 1. The van der Waals surface area contributed by atoms with Crippen molar-refractivity contribution in [3.8, 4) is 0 Å². The first-order valence-electron chi connectivity index (χ1n) is 4.64. The SMILES string of the molecule is CC1(NCc2cccs2)CCOC1. The normalized spacial score (nSPS) is 28.1. The van der Waals surface area contributed by atoms with Gasteiger partial charge in [0.15, 0.2) is 0 Å². The summed E-state index contributed by atoms with van der Waals surface area (Å²) in [6.07, 6.45) is 1.12. The molecule has 1 saturated heterocycles. The van der Waals surface area contributed by atoms with Crippen molar-refractivity contribution in [2.45, 2.75) is 25.4 Å². The van der Waals surface area contributed by atoms with E-state index in [4.69, 9.17) is 4.74 Å². The molecule has 13 heavy (non-hydrogen) atoms. The molecular formula is C10H15NOS. The van der Waals surface area contributed by atoms with Crippen molar-refractivity contribution in [2.75, 3.05) is 13.2 Å². The Morgan fingerprint density at radius 2 is 2.62 bits per heavy atom. The maximum atomic E-state index is 5.37. The van der Waals surface area contributed by atoms with Crippen LogP contribution in [-0.4, -0.2) is 18.8 Å². The molecule has 1 atom stereocenters. The van der Waals surface area contributed by atoms with E-state index in [0.717, 1.165) is 26.2 Å². The number of hydrogen-bond acceptors (Lipinski definition) is 3. The average Bonchev–Trinajstić information content (AvgIpc) is 2.72. The molecule has 1 aromatic heterocycles. The van der Waals surface area contributed by atoms with E-state index in [1.165, 1.54) is 4.88 Å². The van der Waals surface area contributed by atoms with Gasteiger partial charge in [-0.1, -0.05) is 6.07 Å². The molecule has 1 unspecified atom stereocenters. The van der Waals surface area contributed by atoms with Crippen LogP contribution in [-0.2, 0) is 11.3 Å². The van der Waals surface area contributed by atoms with Gasteiger partial charge in [0, 0.05) is 23.6 Å². The van der Waals surface area contributed by atoms with Crippen LogP contribution in [0.5, 0.6) is 0 Å². The van der Waals surface area contributed by atoms with Crippen molar-refractivity contribution in [3.05, 3.63) is 22.4 Å². The van der Waals surface area contributed by atoms with Gasteiger partial charge in [-0.3, -0.25) is 0 Å².